The Morgan fingerprint density at radius 1 is 1.15 bits per heavy atom. The molecule has 2 aromatic carbocycles. The second-order valence-corrected chi connectivity index (χ2v) is 6.43. The zero-order chi connectivity index (χ0) is 18.6. The van der Waals surface area contributed by atoms with E-state index in [4.69, 9.17) is 32.7 Å². The lowest BCUT2D eigenvalue weighted by Gasteiger charge is -2.30. The van der Waals surface area contributed by atoms with Gasteiger partial charge in [-0.05, 0) is 36.4 Å². The van der Waals surface area contributed by atoms with Gasteiger partial charge in [0.2, 0.25) is 0 Å². The third-order valence-electron chi connectivity index (χ3n) is 4.00. The molecule has 5 nitrogen and oxygen atoms in total. The van der Waals surface area contributed by atoms with Crippen LogP contribution in [-0.2, 0) is 16.9 Å². The number of aromatic nitrogens is 3. The van der Waals surface area contributed by atoms with E-state index in [0.29, 0.717) is 28.1 Å². The first-order valence-corrected chi connectivity index (χ1v) is 8.56. The van der Waals surface area contributed by atoms with Gasteiger partial charge in [-0.2, -0.15) is 5.10 Å². The van der Waals surface area contributed by atoms with Gasteiger partial charge < -0.3 is 9.47 Å². The van der Waals surface area contributed by atoms with E-state index in [1.807, 2.05) is 12.1 Å². The van der Waals surface area contributed by atoms with Gasteiger partial charge >= 0.3 is 0 Å². The van der Waals surface area contributed by atoms with Gasteiger partial charge in [0.05, 0.1) is 11.6 Å². The number of hydrogen-bond acceptors (Lipinski definition) is 4. The maximum Gasteiger partial charge on any atom is 0.137 e. The van der Waals surface area contributed by atoms with Crippen molar-refractivity contribution in [3.63, 3.8) is 0 Å². The first kappa shape index (κ1) is 18.5. The molecule has 0 aliphatic heterocycles. The van der Waals surface area contributed by atoms with Crippen molar-refractivity contribution >= 4 is 23.2 Å². The Morgan fingerprint density at radius 3 is 2.46 bits per heavy atom. The fourth-order valence-electron chi connectivity index (χ4n) is 2.61. The molecule has 0 spiro atoms. The minimum Gasteiger partial charge on any atom is -0.457 e. The average molecular weight is 390 g/mol. The number of methoxy groups -OCH3 is 1. The standard InChI is InChI=1S/C19H17Cl2N3O2/c1-3-19(25-2,11-24-13-22-12-23-24)17-9-8-16(10-18(17)21)26-15-6-4-14(20)5-7-15/h3-10,12-13H,1,11H2,2H3. The summed E-state index contributed by atoms with van der Waals surface area (Å²) in [4.78, 5) is 3.96. The molecule has 3 rings (SSSR count). The summed E-state index contributed by atoms with van der Waals surface area (Å²) < 4.78 is 13.2. The van der Waals surface area contributed by atoms with Gasteiger partial charge in [-0.25, -0.2) is 9.67 Å². The largest absolute Gasteiger partial charge is 0.457 e. The van der Waals surface area contributed by atoms with Crippen molar-refractivity contribution in [1.82, 2.24) is 14.8 Å². The predicted molar refractivity (Wildman–Crippen MR) is 102 cm³/mol. The highest BCUT2D eigenvalue weighted by molar-refractivity contribution is 6.31. The predicted octanol–water partition coefficient (Wildman–Crippen LogP) is 5.11. The van der Waals surface area contributed by atoms with Crippen molar-refractivity contribution in [1.29, 1.82) is 0 Å². The molecule has 134 valence electrons. The van der Waals surface area contributed by atoms with Crippen LogP contribution in [0.25, 0.3) is 0 Å². The molecule has 0 aliphatic rings. The van der Waals surface area contributed by atoms with E-state index in [1.54, 1.807) is 54.5 Å². The molecule has 0 aliphatic carbocycles. The van der Waals surface area contributed by atoms with E-state index in [0.717, 1.165) is 5.56 Å². The van der Waals surface area contributed by atoms with Crippen LogP contribution < -0.4 is 4.74 Å². The lowest BCUT2D eigenvalue weighted by atomic mass is 9.93. The molecule has 0 saturated carbocycles. The average Bonchev–Trinajstić information content (AvgIpc) is 3.15. The number of rotatable bonds is 7. The molecule has 26 heavy (non-hydrogen) atoms. The normalized spacial score (nSPS) is 13.2. The zero-order valence-electron chi connectivity index (χ0n) is 14.1. The van der Waals surface area contributed by atoms with Crippen molar-refractivity contribution in [2.45, 2.75) is 12.1 Å². The Bertz CT molecular complexity index is 882. The molecule has 0 bridgehead atoms. The molecular formula is C19H17Cl2N3O2. The topological polar surface area (TPSA) is 49.2 Å². The summed E-state index contributed by atoms with van der Waals surface area (Å²) in [5.74, 6) is 1.28. The molecule has 0 amide bonds. The number of nitrogens with zero attached hydrogens (tertiary/aromatic N) is 3. The highest BCUT2D eigenvalue weighted by atomic mass is 35.5. The maximum absolute atomic E-state index is 6.53. The van der Waals surface area contributed by atoms with Crippen LogP contribution >= 0.6 is 23.2 Å². The number of benzene rings is 2. The summed E-state index contributed by atoms with van der Waals surface area (Å²) in [6, 6.07) is 12.5. The van der Waals surface area contributed by atoms with E-state index in [9.17, 15) is 0 Å². The van der Waals surface area contributed by atoms with Gasteiger partial charge in [0, 0.05) is 17.7 Å². The smallest absolute Gasteiger partial charge is 0.137 e. The van der Waals surface area contributed by atoms with Gasteiger partial charge in [-0.1, -0.05) is 41.9 Å². The Balaban J connectivity index is 1.89. The molecule has 0 fully saturated rings. The molecule has 1 heterocycles. The van der Waals surface area contributed by atoms with Gasteiger partial charge in [0.25, 0.3) is 0 Å². The first-order chi connectivity index (χ1) is 12.6. The third kappa shape index (κ3) is 3.90. The van der Waals surface area contributed by atoms with Crippen molar-refractivity contribution < 1.29 is 9.47 Å². The summed E-state index contributed by atoms with van der Waals surface area (Å²) in [5.41, 5.74) is -0.0838. The highest BCUT2D eigenvalue weighted by Crippen LogP contribution is 2.36. The minimum absolute atomic E-state index is 0.393. The molecule has 0 radical (unpaired) electrons. The van der Waals surface area contributed by atoms with Crippen LogP contribution in [0.4, 0.5) is 0 Å². The number of hydrogen-bond donors (Lipinski definition) is 0. The second-order valence-electron chi connectivity index (χ2n) is 5.59. The number of halogens is 2. The maximum atomic E-state index is 6.53. The molecule has 1 unspecified atom stereocenters. The fraction of sp³-hybridized carbons (Fsp3) is 0.158. The molecule has 0 N–H and O–H groups in total. The monoisotopic (exact) mass is 389 g/mol. The van der Waals surface area contributed by atoms with Gasteiger partial charge in [-0.15, -0.1) is 0 Å². The van der Waals surface area contributed by atoms with Gasteiger partial charge in [-0.3, -0.25) is 0 Å². The van der Waals surface area contributed by atoms with Crippen LogP contribution in [0.1, 0.15) is 5.56 Å². The van der Waals surface area contributed by atoms with Crippen molar-refractivity contribution in [2.75, 3.05) is 7.11 Å². The lowest BCUT2D eigenvalue weighted by molar-refractivity contribution is 0.0113. The SMILES string of the molecule is C=CC(Cn1cncn1)(OC)c1ccc(Oc2ccc(Cl)cc2)cc1Cl. The molecule has 0 saturated heterocycles. The summed E-state index contributed by atoms with van der Waals surface area (Å²) >= 11 is 12.4. The van der Waals surface area contributed by atoms with Crippen molar-refractivity contribution in [3.8, 4) is 11.5 Å². The van der Waals surface area contributed by atoms with Crippen LogP contribution in [0.5, 0.6) is 11.5 Å². The van der Waals surface area contributed by atoms with Gasteiger partial charge in [0.1, 0.15) is 29.8 Å². The van der Waals surface area contributed by atoms with E-state index >= 15 is 0 Å². The molecule has 3 aromatic rings. The molecular weight excluding hydrogens is 373 g/mol. The van der Waals surface area contributed by atoms with E-state index < -0.39 is 5.60 Å². The first-order valence-electron chi connectivity index (χ1n) is 7.81. The Labute approximate surface area is 161 Å². The minimum atomic E-state index is -0.844. The summed E-state index contributed by atoms with van der Waals surface area (Å²) in [6.07, 6.45) is 4.78. The Hall–Kier alpha value is -2.34. The van der Waals surface area contributed by atoms with Crippen LogP contribution in [0, 0.1) is 0 Å². The second kappa shape index (κ2) is 7.91. The summed E-state index contributed by atoms with van der Waals surface area (Å²) in [5, 5.41) is 5.28. The summed E-state index contributed by atoms with van der Waals surface area (Å²) in [7, 11) is 1.60. The number of ether oxygens (including phenoxy) is 2. The van der Waals surface area contributed by atoms with Crippen molar-refractivity contribution in [2.24, 2.45) is 0 Å². The van der Waals surface area contributed by atoms with Crippen LogP contribution in [0.2, 0.25) is 10.0 Å². The summed E-state index contributed by atoms with van der Waals surface area (Å²) in [6.45, 7) is 4.30. The quantitative estimate of drug-likeness (QED) is 0.527. The Morgan fingerprint density at radius 2 is 1.88 bits per heavy atom. The van der Waals surface area contributed by atoms with Crippen molar-refractivity contribution in [3.05, 3.63) is 83.4 Å². The van der Waals surface area contributed by atoms with E-state index in [-0.39, 0.29) is 0 Å². The molecule has 1 atom stereocenters. The van der Waals surface area contributed by atoms with E-state index in [2.05, 4.69) is 16.7 Å². The lowest BCUT2D eigenvalue weighted by Crippen LogP contribution is -2.32. The Kier molecular flexibility index (Phi) is 5.61. The fourth-order valence-corrected chi connectivity index (χ4v) is 3.07. The molecule has 1 aromatic heterocycles. The van der Waals surface area contributed by atoms with Crippen LogP contribution in [0.3, 0.4) is 0 Å². The third-order valence-corrected chi connectivity index (χ3v) is 4.57. The molecule has 7 heteroatoms. The van der Waals surface area contributed by atoms with Crippen LogP contribution in [0.15, 0.2) is 67.8 Å². The zero-order valence-corrected chi connectivity index (χ0v) is 15.6. The van der Waals surface area contributed by atoms with E-state index in [1.165, 1.54) is 6.33 Å². The highest BCUT2D eigenvalue weighted by Gasteiger charge is 2.32. The van der Waals surface area contributed by atoms with Crippen LogP contribution in [-0.4, -0.2) is 21.9 Å². The van der Waals surface area contributed by atoms with Gasteiger partial charge in [0.15, 0.2) is 0 Å².